The fourth-order valence-corrected chi connectivity index (χ4v) is 3.22. The van der Waals surface area contributed by atoms with Gasteiger partial charge in [-0.2, -0.15) is 4.98 Å². The summed E-state index contributed by atoms with van der Waals surface area (Å²) in [6.45, 7) is 3.44. The summed E-state index contributed by atoms with van der Waals surface area (Å²) >= 11 is 5.76. The van der Waals surface area contributed by atoms with E-state index in [9.17, 15) is 9.18 Å². The second-order valence-corrected chi connectivity index (χ2v) is 7.33. The smallest absolute Gasteiger partial charge is 0.251 e. The van der Waals surface area contributed by atoms with Crippen molar-refractivity contribution in [2.24, 2.45) is 0 Å². The SMILES string of the molecule is CCNC(=O)c1cccc(Nc2ncnc(N3CC(Oc4ccc(Cl)cc4F)C3)n2)c1. The third-order valence-electron chi connectivity index (χ3n) is 4.60. The normalized spacial score (nSPS) is 13.5. The van der Waals surface area contributed by atoms with Gasteiger partial charge in [0.1, 0.15) is 12.4 Å². The Kier molecular flexibility index (Phi) is 6.13. The largest absolute Gasteiger partial charge is 0.484 e. The number of rotatable bonds is 7. The van der Waals surface area contributed by atoms with E-state index in [4.69, 9.17) is 16.3 Å². The van der Waals surface area contributed by atoms with Crippen LogP contribution in [-0.4, -0.2) is 46.6 Å². The molecule has 2 N–H and O–H groups in total. The van der Waals surface area contributed by atoms with Gasteiger partial charge < -0.3 is 20.3 Å². The van der Waals surface area contributed by atoms with Gasteiger partial charge in [-0.1, -0.05) is 17.7 Å². The molecule has 2 aromatic carbocycles. The van der Waals surface area contributed by atoms with Crippen LogP contribution in [0.5, 0.6) is 5.75 Å². The standard InChI is InChI=1S/C21H20ClFN6O2/c1-2-24-19(30)13-4-3-5-15(8-13)27-20-25-12-26-21(28-20)29-10-16(11-29)31-18-7-6-14(22)9-17(18)23/h3-9,12,16H,2,10-11H2,1H3,(H,24,30)(H,25,26,27,28). The molecule has 0 saturated carbocycles. The number of carbonyl (C=O) groups excluding carboxylic acids is 1. The lowest BCUT2D eigenvalue weighted by Crippen LogP contribution is -2.54. The second kappa shape index (κ2) is 9.13. The molecule has 0 bridgehead atoms. The fraction of sp³-hybridized carbons (Fsp3) is 0.238. The molecule has 4 rings (SSSR count). The van der Waals surface area contributed by atoms with Crippen LogP contribution in [0.4, 0.5) is 22.0 Å². The molecule has 1 aromatic heterocycles. The first-order valence-electron chi connectivity index (χ1n) is 9.73. The minimum atomic E-state index is -0.493. The van der Waals surface area contributed by atoms with Gasteiger partial charge in [-0.3, -0.25) is 4.79 Å². The van der Waals surface area contributed by atoms with Gasteiger partial charge in [-0.15, -0.1) is 0 Å². The topological polar surface area (TPSA) is 92.3 Å². The van der Waals surface area contributed by atoms with Crippen molar-refractivity contribution in [1.29, 1.82) is 0 Å². The van der Waals surface area contributed by atoms with Crippen molar-refractivity contribution in [2.75, 3.05) is 29.9 Å². The predicted molar refractivity (Wildman–Crippen MR) is 116 cm³/mol. The van der Waals surface area contributed by atoms with Crippen molar-refractivity contribution in [3.8, 4) is 5.75 Å². The molecule has 0 aliphatic carbocycles. The van der Waals surface area contributed by atoms with Crippen LogP contribution in [0.15, 0.2) is 48.8 Å². The summed E-state index contributed by atoms with van der Waals surface area (Å²) in [5, 5.41) is 6.17. The van der Waals surface area contributed by atoms with Crippen molar-refractivity contribution >= 4 is 35.1 Å². The Balaban J connectivity index is 1.37. The molecule has 0 spiro atoms. The summed E-state index contributed by atoms with van der Waals surface area (Å²) in [4.78, 5) is 26.7. The van der Waals surface area contributed by atoms with Crippen LogP contribution in [0.3, 0.4) is 0 Å². The van der Waals surface area contributed by atoms with Crippen molar-refractivity contribution in [3.05, 3.63) is 65.2 Å². The quantitative estimate of drug-likeness (QED) is 0.579. The molecule has 0 atom stereocenters. The van der Waals surface area contributed by atoms with E-state index in [1.165, 1.54) is 18.5 Å². The molecule has 1 saturated heterocycles. The Labute approximate surface area is 183 Å². The van der Waals surface area contributed by atoms with Crippen LogP contribution < -0.4 is 20.3 Å². The Morgan fingerprint density at radius 3 is 2.87 bits per heavy atom. The van der Waals surface area contributed by atoms with Crippen molar-refractivity contribution in [1.82, 2.24) is 20.3 Å². The van der Waals surface area contributed by atoms with Gasteiger partial charge >= 0.3 is 0 Å². The van der Waals surface area contributed by atoms with E-state index in [0.29, 0.717) is 47.8 Å². The molecule has 1 amide bonds. The Hall–Kier alpha value is -3.46. The third-order valence-corrected chi connectivity index (χ3v) is 4.83. The first-order valence-corrected chi connectivity index (χ1v) is 10.1. The van der Waals surface area contributed by atoms with Gasteiger partial charge in [-0.25, -0.2) is 14.4 Å². The summed E-state index contributed by atoms with van der Waals surface area (Å²) in [5.74, 6) is 0.359. The molecule has 160 valence electrons. The molecule has 10 heteroatoms. The molecule has 0 radical (unpaired) electrons. The lowest BCUT2D eigenvalue weighted by molar-refractivity contribution is 0.0956. The summed E-state index contributed by atoms with van der Waals surface area (Å²) in [7, 11) is 0. The molecular weight excluding hydrogens is 423 g/mol. The van der Waals surface area contributed by atoms with Gasteiger partial charge in [0.25, 0.3) is 5.91 Å². The number of ether oxygens (including phenoxy) is 1. The van der Waals surface area contributed by atoms with E-state index in [1.54, 1.807) is 24.3 Å². The van der Waals surface area contributed by atoms with Crippen molar-refractivity contribution in [2.45, 2.75) is 13.0 Å². The van der Waals surface area contributed by atoms with Crippen LogP contribution in [-0.2, 0) is 0 Å². The van der Waals surface area contributed by atoms with Gasteiger partial charge in [0.05, 0.1) is 13.1 Å². The number of nitrogens with one attached hydrogen (secondary N) is 2. The number of aromatic nitrogens is 3. The number of hydrogen-bond donors (Lipinski definition) is 2. The van der Waals surface area contributed by atoms with Gasteiger partial charge in [-0.05, 0) is 43.3 Å². The molecule has 1 fully saturated rings. The summed E-state index contributed by atoms with van der Waals surface area (Å²) in [6, 6.07) is 11.4. The lowest BCUT2D eigenvalue weighted by Gasteiger charge is -2.38. The maximum atomic E-state index is 13.9. The van der Waals surface area contributed by atoms with E-state index in [1.807, 2.05) is 17.9 Å². The zero-order chi connectivity index (χ0) is 21.8. The zero-order valence-corrected chi connectivity index (χ0v) is 17.4. The first-order chi connectivity index (χ1) is 15.0. The van der Waals surface area contributed by atoms with E-state index in [0.717, 1.165) is 0 Å². The zero-order valence-electron chi connectivity index (χ0n) is 16.7. The van der Waals surface area contributed by atoms with Gasteiger partial charge in [0, 0.05) is 22.8 Å². The Morgan fingerprint density at radius 1 is 1.26 bits per heavy atom. The molecule has 8 nitrogen and oxygen atoms in total. The summed E-state index contributed by atoms with van der Waals surface area (Å²) < 4.78 is 19.6. The average molecular weight is 443 g/mol. The highest BCUT2D eigenvalue weighted by atomic mass is 35.5. The van der Waals surface area contributed by atoms with Crippen LogP contribution in [0.2, 0.25) is 5.02 Å². The highest BCUT2D eigenvalue weighted by molar-refractivity contribution is 6.30. The minimum absolute atomic E-state index is 0.147. The number of amides is 1. The van der Waals surface area contributed by atoms with Crippen LogP contribution in [0.1, 0.15) is 17.3 Å². The van der Waals surface area contributed by atoms with Gasteiger partial charge in [0.2, 0.25) is 11.9 Å². The number of anilines is 3. The van der Waals surface area contributed by atoms with E-state index >= 15 is 0 Å². The average Bonchev–Trinajstić information content (AvgIpc) is 2.72. The lowest BCUT2D eigenvalue weighted by atomic mass is 10.2. The van der Waals surface area contributed by atoms with Crippen LogP contribution in [0.25, 0.3) is 0 Å². The molecule has 31 heavy (non-hydrogen) atoms. The Morgan fingerprint density at radius 2 is 2.10 bits per heavy atom. The summed E-state index contributed by atoms with van der Waals surface area (Å²) in [5.41, 5.74) is 1.22. The molecule has 0 unspecified atom stereocenters. The van der Waals surface area contributed by atoms with Crippen molar-refractivity contribution < 1.29 is 13.9 Å². The first kappa shape index (κ1) is 20.8. The van der Waals surface area contributed by atoms with Crippen LogP contribution in [0, 0.1) is 5.82 Å². The third kappa shape index (κ3) is 5.00. The number of nitrogens with zero attached hydrogens (tertiary/aromatic N) is 4. The highest BCUT2D eigenvalue weighted by Crippen LogP contribution is 2.26. The van der Waals surface area contributed by atoms with Gasteiger partial charge in [0.15, 0.2) is 11.6 Å². The number of hydrogen-bond acceptors (Lipinski definition) is 7. The van der Waals surface area contributed by atoms with E-state index in [2.05, 4.69) is 25.6 Å². The van der Waals surface area contributed by atoms with Crippen molar-refractivity contribution in [3.63, 3.8) is 0 Å². The highest BCUT2D eigenvalue weighted by Gasteiger charge is 2.31. The van der Waals surface area contributed by atoms with Crippen LogP contribution >= 0.6 is 11.6 Å². The fourth-order valence-electron chi connectivity index (χ4n) is 3.06. The molecule has 1 aliphatic rings. The number of carbonyl (C=O) groups is 1. The molecular formula is C21H20ClFN6O2. The van der Waals surface area contributed by atoms with E-state index in [-0.39, 0.29) is 17.8 Å². The monoisotopic (exact) mass is 442 g/mol. The predicted octanol–water partition coefficient (Wildman–Crippen LogP) is 3.43. The summed E-state index contributed by atoms with van der Waals surface area (Å²) in [6.07, 6.45) is 1.23. The molecule has 2 heterocycles. The maximum Gasteiger partial charge on any atom is 0.251 e. The minimum Gasteiger partial charge on any atom is -0.484 e. The maximum absolute atomic E-state index is 13.9. The second-order valence-electron chi connectivity index (χ2n) is 6.89. The Bertz CT molecular complexity index is 1090. The number of halogens is 2. The van der Waals surface area contributed by atoms with E-state index < -0.39 is 5.82 Å². The molecule has 1 aliphatic heterocycles. The number of benzene rings is 2. The molecule has 3 aromatic rings.